The topological polar surface area (TPSA) is 69.6 Å². The van der Waals surface area contributed by atoms with Gasteiger partial charge in [-0.15, -0.1) is 0 Å². The summed E-state index contributed by atoms with van der Waals surface area (Å²) in [5, 5.41) is 11.9. The number of nitrogens with zero attached hydrogens (tertiary/aromatic N) is 1. The van der Waals surface area contributed by atoms with Gasteiger partial charge in [0.15, 0.2) is 6.04 Å². The van der Waals surface area contributed by atoms with Gasteiger partial charge in [-0.3, -0.25) is 4.79 Å². The molecule has 24 heavy (non-hydrogen) atoms. The maximum atomic E-state index is 13.0. The summed E-state index contributed by atoms with van der Waals surface area (Å²) in [6, 6.07) is 4.02. The summed E-state index contributed by atoms with van der Waals surface area (Å²) in [7, 11) is 0. The Morgan fingerprint density at radius 3 is 2.46 bits per heavy atom. The van der Waals surface area contributed by atoms with E-state index in [2.05, 4.69) is 17.1 Å². The highest BCUT2D eigenvalue weighted by Gasteiger charge is 2.25. The Morgan fingerprint density at radius 1 is 1.29 bits per heavy atom. The Kier molecular flexibility index (Phi) is 6.73. The minimum Gasteiger partial charge on any atom is -0.479 e. The van der Waals surface area contributed by atoms with Crippen molar-refractivity contribution in [3.63, 3.8) is 0 Å². The zero-order valence-electron chi connectivity index (χ0n) is 14.0. The second-order valence-corrected chi connectivity index (χ2v) is 6.38. The predicted molar refractivity (Wildman–Crippen MR) is 89.0 cm³/mol. The zero-order valence-corrected chi connectivity index (χ0v) is 14.0. The number of benzene rings is 1. The Hall–Kier alpha value is -1.95. The van der Waals surface area contributed by atoms with Crippen LogP contribution < -0.4 is 5.32 Å². The van der Waals surface area contributed by atoms with Gasteiger partial charge in [-0.1, -0.05) is 19.1 Å². The van der Waals surface area contributed by atoms with E-state index in [0.717, 1.165) is 38.9 Å². The lowest BCUT2D eigenvalue weighted by atomic mass is 9.93. The van der Waals surface area contributed by atoms with Crippen LogP contribution in [0, 0.1) is 11.7 Å². The predicted octanol–water partition coefficient (Wildman–Crippen LogP) is 2.58. The smallest absolute Gasteiger partial charge is 0.330 e. The van der Waals surface area contributed by atoms with Crippen LogP contribution >= 0.6 is 0 Å². The number of nitrogens with one attached hydrogen (secondary N) is 1. The van der Waals surface area contributed by atoms with Crippen molar-refractivity contribution in [2.75, 3.05) is 19.6 Å². The summed E-state index contributed by atoms with van der Waals surface area (Å²) in [6.07, 6.45) is 3.39. The second kappa shape index (κ2) is 8.78. The van der Waals surface area contributed by atoms with E-state index in [0.29, 0.717) is 17.9 Å². The lowest BCUT2D eigenvalue weighted by molar-refractivity contribution is -0.142. The number of carbonyl (C=O) groups is 2. The fourth-order valence-electron chi connectivity index (χ4n) is 3.16. The number of amides is 1. The number of carbonyl (C=O) groups excluding carboxylic acids is 1. The Labute approximate surface area is 141 Å². The first-order valence-electron chi connectivity index (χ1n) is 8.49. The van der Waals surface area contributed by atoms with Crippen molar-refractivity contribution >= 4 is 11.9 Å². The standard InChI is InChI=1S/C18H25FN2O3/c1-2-9-21-10-7-13(8-11-21)12-16(22)20-17(18(23)24)14-3-5-15(19)6-4-14/h3-6,13,17H,2,7-12H2,1H3,(H,20,22)(H,23,24). The first kappa shape index (κ1) is 18.4. The molecule has 0 aliphatic carbocycles. The lowest BCUT2D eigenvalue weighted by Gasteiger charge is -2.31. The second-order valence-electron chi connectivity index (χ2n) is 6.38. The van der Waals surface area contributed by atoms with Crippen LogP contribution in [0.4, 0.5) is 4.39 Å². The van der Waals surface area contributed by atoms with Gasteiger partial charge < -0.3 is 15.3 Å². The van der Waals surface area contributed by atoms with E-state index >= 15 is 0 Å². The van der Waals surface area contributed by atoms with E-state index in [1.165, 1.54) is 24.3 Å². The number of piperidine rings is 1. The number of rotatable bonds is 7. The van der Waals surface area contributed by atoms with Crippen molar-refractivity contribution in [2.45, 2.75) is 38.6 Å². The van der Waals surface area contributed by atoms with Crippen LogP contribution in [0.2, 0.25) is 0 Å². The van der Waals surface area contributed by atoms with Crippen LogP contribution in [-0.2, 0) is 9.59 Å². The first-order chi connectivity index (χ1) is 11.5. The van der Waals surface area contributed by atoms with Crippen molar-refractivity contribution in [3.05, 3.63) is 35.6 Å². The number of aliphatic carboxylic acids is 1. The van der Waals surface area contributed by atoms with Gasteiger partial charge in [-0.25, -0.2) is 9.18 Å². The Bertz CT molecular complexity index is 554. The van der Waals surface area contributed by atoms with Crippen molar-refractivity contribution in [1.29, 1.82) is 0 Å². The average molecular weight is 336 g/mol. The third kappa shape index (κ3) is 5.30. The summed E-state index contributed by atoms with van der Waals surface area (Å²) in [5.74, 6) is -1.55. The summed E-state index contributed by atoms with van der Waals surface area (Å²) < 4.78 is 13.0. The SMILES string of the molecule is CCCN1CCC(CC(=O)NC(C(=O)O)c2ccc(F)cc2)CC1. The van der Waals surface area contributed by atoms with Gasteiger partial charge in [0, 0.05) is 6.42 Å². The molecule has 1 aromatic rings. The van der Waals surface area contributed by atoms with Crippen LogP contribution in [0.5, 0.6) is 0 Å². The van der Waals surface area contributed by atoms with E-state index in [1.807, 2.05) is 0 Å². The van der Waals surface area contributed by atoms with E-state index in [9.17, 15) is 19.1 Å². The largest absolute Gasteiger partial charge is 0.479 e. The van der Waals surface area contributed by atoms with Gasteiger partial charge in [0.2, 0.25) is 5.91 Å². The van der Waals surface area contributed by atoms with Crippen LogP contribution in [0.3, 0.4) is 0 Å². The molecule has 5 nitrogen and oxygen atoms in total. The molecule has 1 aliphatic rings. The van der Waals surface area contributed by atoms with Gasteiger partial charge in [0.25, 0.3) is 0 Å². The molecule has 2 rings (SSSR count). The number of likely N-dealkylation sites (tertiary alicyclic amines) is 1. The van der Waals surface area contributed by atoms with Crippen molar-refractivity contribution in [2.24, 2.45) is 5.92 Å². The Morgan fingerprint density at radius 2 is 1.92 bits per heavy atom. The molecule has 0 saturated carbocycles. The minimum atomic E-state index is -1.15. The van der Waals surface area contributed by atoms with Crippen LogP contribution in [0.1, 0.15) is 44.2 Å². The molecule has 2 N–H and O–H groups in total. The number of hydrogen-bond donors (Lipinski definition) is 2. The monoisotopic (exact) mass is 336 g/mol. The van der Waals surface area contributed by atoms with Gasteiger partial charge in [0.05, 0.1) is 0 Å². The molecular formula is C18H25FN2O3. The number of hydrogen-bond acceptors (Lipinski definition) is 3. The molecule has 1 unspecified atom stereocenters. The normalized spacial score (nSPS) is 17.4. The molecule has 6 heteroatoms. The van der Waals surface area contributed by atoms with E-state index in [4.69, 9.17) is 0 Å². The van der Waals surface area contributed by atoms with E-state index in [1.54, 1.807) is 0 Å². The highest BCUT2D eigenvalue weighted by atomic mass is 19.1. The number of halogens is 1. The third-order valence-corrected chi connectivity index (χ3v) is 4.48. The van der Waals surface area contributed by atoms with Gasteiger partial charge in [0.1, 0.15) is 5.82 Å². The lowest BCUT2D eigenvalue weighted by Crippen LogP contribution is -2.38. The summed E-state index contributed by atoms with van der Waals surface area (Å²) >= 11 is 0. The van der Waals surface area contributed by atoms with Crippen LogP contribution in [-0.4, -0.2) is 41.5 Å². The third-order valence-electron chi connectivity index (χ3n) is 4.48. The first-order valence-corrected chi connectivity index (χ1v) is 8.49. The molecule has 1 atom stereocenters. The summed E-state index contributed by atoms with van der Waals surface area (Å²) in [6.45, 7) is 5.23. The molecule has 1 heterocycles. The van der Waals surface area contributed by atoms with Gasteiger partial charge >= 0.3 is 5.97 Å². The van der Waals surface area contributed by atoms with E-state index < -0.39 is 17.8 Å². The molecule has 132 valence electrons. The number of carboxylic acids is 1. The molecule has 1 fully saturated rings. The van der Waals surface area contributed by atoms with Crippen molar-refractivity contribution in [1.82, 2.24) is 10.2 Å². The number of carboxylic acid groups (broad SMARTS) is 1. The maximum absolute atomic E-state index is 13.0. The molecule has 0 bridgehead atoms. The van der Waals surface area contributed by atoms with Gasteiger partial charge in [-0.2, -0.15) is 0 Å². The molecule has 1 aliphatic heterocycles. The summed E-state index contributed by atoms with van der Waals surface area (Å²) in [4.78, 5) is 26.0. The molecule has 1 amide bonds. The molecule has 1 saturated heterocycles. The molecular weight excluding hydrogens is 311 g/mol. The van der Waals surface area contributed by atoms with Crippen LogP contribution in [0.15, 0.2) is 24.3 Å². The molecule has 1 aromatic carbocycles. The maximum Gasteiger partial charge on any atom is 0.330 e. The minimum absolute atomic E-state index is 0.263. The molecule has 0 spiro atoms. The fourth-order valence-corrected chi connectivity index (χ4v) is 3.16. The Balaban J connectivity index is 1.87. The molecule has 0 aromatic heterocycles. The summed E-state index contributed by atoms with van der Waals surface area (Å²) in [5.41, 5.74) is 0.370. The quantitative estimate of drug-likeness (QED) is 0.803. The van der Waals surface area contributed by atoms with Crippen molar-refractivity contribution in [3.8, 4) is 0 Å². The fraction of sp³-hybridized carbons (Fsp3) is 0.556. The van der Waals surface area contributed by atoms with Crippen molar-refractivity contribution < 1.29 is 19.1 Å². The highest BCUT2D eigenvalue weighted by Crippen LogP contribution is 2.21. The van der Waals surface area contributed by atoms with Gasteiger partial charge in [-0.05, 0) is 62.5 Å². The van der Waals surface area contributed by atoms with E-state index in [-0.39, 0.29) is 5.91 Å². The zero-order chi connectivity index (χ0) is 17.5. The molecule has 0 radical (unpaired) electrons. The highest BCUT2D eigenvalue weighted by molar-refractivity contribution is 5.84. The van der Waals surface area contributed by atoms with Crippen LogP contribution in [0.25, 0.3) is 0 Å². The average Bonchev–Trinajstić information content (AvgIpc) is 2.55.